The van der Waals surface area contributed by atoms with Crippen molar-refractivity contribution in [3.8, 4) is 0 Å². The molecule has 0 aromatic heterocycles. The van der Waals surface area contributed by atoms with Crippen LogP contribution in [0.25, 0.3) is 0 Å². The van der Waals surface area contributed by atoms with Gasteiger partial charge >= 0.3 is 6.09 Å². The summed E-state index contributed by atoms with van der Waals surface area (Å²) in [6.07, 6.45) is 4.15. The van der Waals surface area contributed by atoms with Crippen LogP contribution < -0.4 is 0 Å². The molecule has 0 radical (unpaired) electrons. The highest BCUT2D eigenvalue weighted by Gasteiger charge is 2.07. The summed E-state index contributed by atoms with van der Waals surface area (Å²) in [7, 11) is 0. The van der Waals surface area contributed by atoms with Crippen LogP contribution in [0.3, 0.4) is 0 Å². The Balaban J connectivity index is 2.45. The first-order chi connectivity index (χ1) is 4.79. The van der Waals surface area contributed by atoms with E-state index in [-0.39, 0.29) is 0 Å². The van der Waals surface area contributed by atoms with Crippen LogP contribution in [0.1, 0.15) is 32.1 Å². The van der Waals surface area contributed by atoms with Gasteiger partial charge in [-0.05, 0) is 25.7 Å². The van der Waals surface area contributed by atoms with Gasteiger partial charge in [-0.1, -0.05) is 6.42 Å². The molecule has 1 rings (SSSR count). The SMILES string of the molecule is O=C(O)N=C1CCCCC1. The van der Waals surface area contributed by atoms with Crippen molar-refractivity contribution in [2.75, 3.05) is 0 Å². The van der Waals surface area contributed by atoms with Crippen LogP contribution in [0.2, 0.25) is 0 Å². The molecule has 1 aliphatic rings. The number of aliphatic imine (C=N–C) groups is 1. The van der Waals surface area contributed by atoms with Gasteiger partial charge in [-0.25, -0.2) is 4.79 Å². The van der Waals surface area contributed by atoms with Crippen molar-refractivity contribution in [3.05, 3.63) is 0 Å². The number of hydrogen-bond donors (Lipinski definition) is 1. The average Bonchev–Trinajstić information content (AvgIpc) is 1.88. The van der Waals surface area contributed by atoms with Crippen molar-refractivity contribution < 1.29 is 9.90 Å². The molecule has 0 aromatic rings. The number of nitrogens with zero attached hydrogens (tertiary/aromatic N) is 1. The minimum absolute atomic E-state index is 0.860. The van der Waals surface area contributed by atoms with Crippen molar-refractivity contribution in [2.45, 2.75) is 32.1 Å². The van der Waals surface area contributed by atoms with E-state index in [2.05, 4.69) is 4.99 Å². The van der Waals surface area contributed by atoms with Crippen molar-refractivity contribution in [2.24, 2.45) is 4.99 Å². The first-order valence-corrected chi connectivity index (χ1v) is 3.58. The standard InChI is InChI=1S/C7H11NO2/c9-7(10)8-6-4-2-1-3-5-6/h1-5H2,(H,9,10). The Labute approximate surface area is 59.8 Å². The summed E-state index contributed by atoms with van der Waals surface area (Å²) in [4.78, 5) is 13.5. The Kier molecular flexibility index (Phi) is 2.42. The quantitative estimate of drug-likeness (QED) is 0.561. The summed E-state index contributed by atoms with van der Waals surface area (Å²) in [5.74, 6) is 0. The molecule has 56 valence electrons. The Bertz CT molecular complexity index is 155. The topological polar surface area (TPSA) is 49.7 Å². The maximum absolute atomic E-state index is 10.1. The maximum atomic E-state index is 10.1. The molecule has 0 spiro atoms. The van der Waals surface area contributed by atoms with Gasteiger partial charge in [0, 0.05) is 5.71 Å². The third kappa shape index (κ3) is 2.17. The zero-order valence-electron chi connectivity index (χ0n) is 5.84. The molecule has 3 heteroatoms. The Morgan fingerprint density at radius 3 is 2.40 bits per heavy atom. The van der Waals surface area contributed by atoms with E-state index < -0.39 is 6.09 Å². The lowest BCUT2D eigenvalue weighted by atomic mass is 9.99. The highest BCUT2D eigenvalue weighted by molar-refractivity contribution is 5.92. The molecule has 0 atom stereocenters. The zero-order valence-corrected chi connectivity index (χ0v) is 5.84. The molecule has 1 amide bonds. The predicted octanol–water partition coefficient (Wildman–Crippen LogP) is 2.07. The predicted molar refractivity (Wildman–Crippen MR) is 38.5 cm³/mol. The van der Waals surface area contributed by atoms with Crippen molar-refractivity contribution in [3.63, 3.8) is 0 Å². The minimum atomic E-state index is -1.04. The molecule has 3 nitrogen and oxygen atoms in total. The van der Waals surface area contributed by atoms with E-state index in [0.717, 1.165) is 31.4 Å². The molecule has 1 N–H and O–H groups in total. The second kappa shape index (κ2) is 3.34. The minimum Gasteiger partial charge on any atom is -0.463 e. The van der Waals surface area contributed by atoms with Gasteiger partial charge in [-0.2, -0.15) is 4.99 Å². The molecule has 1 fully saturated rings. The third-order valence-electron chi connectivity index (χ3n) is 1.68. The Morgan fingerprint density at radius 1 is 1.30 bits per heavy atom. The number of carbonyl (C=O) groups is 1. The van der Waals surface area contributed by atoms with Crippen LogP contribution in [0.5, 0.6) is 0 Å². The van der Waals surface area contributed by atoms with Crippen LogP contribution in [0.15, 0.2) is 4.99 Å². The van der Waals surface area contributed by atoms with Gasteiger partial charge in [0.05, 0.1) is 0 Å². The molecule has 10 heavy (non-hydrogen) atoms. The summed E-state index contributed by atoms with van der Waals surface area (Å²) in [5, 5.41) is 8.28. The van der Waals surface area contributed by atoms with E-state index in [9.17, 15) is 4.79 Å². The van der Waals surface area contributed by atoms with Gasteiger partial charge in [-0.3, -0.25) is 0 Å². The first-order valence-electron chi connectivity index (χ1n) is 3.58. The highest BCUT2D eigenvalue weighted by Crippen LogP contribution is 2.14. The van der Waals surface area contributed by atoms with Gasteiger partial charge in [0.25, 0.3) is 0 Å². The third-order valence-corrected chi connectivity index (χ3v) is 1.68. The summed E-state index contributed by atoms with van der Waals surface area (Å²) in [6, 6.07) is 0. The number of hydrogen-bond acceptors (Lipinski definition) is 1. The highest BCUT2D eigenvalue weighted by atomic mass is 16.4. The van der Waals surface area contributed by atoms with Crippen LogP contribution in [0, 0.1) is 0 Å². The second-order valence-electron chi connectivity index (χ2n) is 2.52. The number of amides is 1. The maximum Gasteiger partial charge on any atom is 0.431 e. The summed E-state index contributed by atoms with van der Waals surface area (Å²) >= 11 is 0. The largest absolute Gasteiger partial charge is 0.463 e. The lowest BCUT2D eigenvalue weighted by Gasteiger charge is -2.10. The van der Waals surface area contributed by atoms with E-state index in [4.69, 9.17) is 5.11 Å². The Morgan fingerprint density at radius 2 is 1.90 bits per heavy atom. The van der Waals surface area contributed by atoms with Crippen LogP contribution >= 0.6 is 0 Å². The molecule has 0 saturated heterocycles. The molecule has 1 aliphatic carbocycles. The van der Waals surface area contributed by atoms with E-state index in [1.165, 1.54) is 6.42 Å². The molecule has 0 unspecified atom stereocenters. The zero-order chi connectivity index (χ0) is 7.40. The van der Waals surface area contributed by atoms with Gasteiger partial charge in [0.1, 0.15) is 0 Å². The summed E-state index contributed by atoms with van der Waals surface area (Å²) < 4.78 is 0. The molecule has 1 saturated carbocycles. The van der Waals surface area contributed by atoms with Crippen LogP contribution in [-0.4, -0.2) is 16.9 Å². The van der Waals surface area contributed by atoms with Gasteiger partial charge < -0.3 is 5.11 Å². The molecule has 0 aromatic carbocycles. The lowest BCUT2D eigenvalue weighted by molar-refractivity contribution is 0.205. The monoisotopic (exact) mass is 141 g/mol. The molecule has 0 heterocycles. The molecule has 0 aliphatic heterocycles. The fourth-order valence-electron chi connectivity index (χ4n) is 1.21. The van der Waals surface area contributed by atoms with E-state index in [1.807, 2.05) is 0 Å². The molecular formula is C7H11NO2. The number of rotatable bonds is 0. The van der Waals surface area contributed by atoms with E-state index >= 15 is 0 Å². The van der Waals surface area contributed by atoms with Crippen molar-refractivity contribution in [1.82, 2.24) is 0 Å². The average molecular weight is 141 g/mol. The van der Waals surface area contributed by atoms with Crippen molar-refractivity contribution in [1.29, 1.82) is 0 Å². The first kappa shape index (κ1) is 7.25. The van der Waals surface area contributed by atoms with Gasteiger partial charge in [0.15, 0.2) is 0 Å². The summed E-state index contributed by atoms with van der Waals surface area (Å²) in [6.45, 7) is 0. The van der Waals surface area contributed by atoms with E-state index in [0.29, 0.717) is 0 Å². The molecule has 0 bridgehead atoms. The fraction of sp³-hybridized carbons (Fsp3) is 0.714. The molecular weight excluding hydrogens is 130 g/mol. The van der Waals surface area contributed by atoms with Crippen LogP contribution in [-0.2, 0) is 0 Å². The normalized spacial score (nSPS) is 18.6. The smallest absolute Gasteiger partial charge is 0.431 e. The van der Waals surface area contributed by atoms with E-state index in [1.54, 1.807) is 0 Å². The Hall–Kier alpha value is -0.860. The van der Waals surface area contributed by atoms with Gasteiger partial charge in [-0.15, -0.1) is 0 Å². The lowest BCUT2D eigenvalue weighted by Crippen LogP contribution is -2.06. The summed E-state index contributed by atoms with van der Waals surface area (Å²) in [5.41, 5.74) is 0.860. The van der Waals surface area contributed by atoms with Crippen molar-refractivity contribution >= 4 is 11.8 Å². The van der Waals surface area contributed by atoms with Gasteiger partial charge in [0.2, 0.25) is 0 Å². The second-order valence-corrected chi connectivity index (χ2v) is 2.52. The van der Waals surface area contributed by atoms with Crippen LogP contribution in [0.4, 0.5) is 4.79 Å². The fourth-order valence-corrected chi connectivity index (χ4v) is 1.21. The number of carboxylic acid groups (broad SMARTS) is 1.